The van der Waals surface area contributed by atoms with E-state index in [4.69, 9.17) is 10.9 Å². The maximum absolute atomic E-state index is 11.4. The second kappa shape index (κ2) is 3.73. The van der Waals surface area contributed by atoms with E-state index in [9.17, 15) is 9.59 Å². The van der Waals surface area contributed by atoms with Gasteiger partial charge in [0, 0.05) is 12.8 Å². The number of aliphatic carboxylic acids is 1. The minimum Gasteiger partial charge on any atom is -0.477 e. The SMILES string of the molecule is N[N+]1(C(=O)CBr)CCC[C@H]1C(=O)O. The lowest BCUT2D eigenvalue weighted by atomic mass is 10.2. The third kappa shape index (κ3) is 1.74. The van der Waals surface area contributed by atoms with Crippen LogP contribution in [0, 0.1) is 0 Å². The highest BCUT2D eigenvalue weighted by Gasteiger charge is 2.49. The number of carboxylic acids is 1. The van der Waals surface area contributed by atoms with Gasteiger partial charge < -0.3 is 5.11 Å². The van der Waals surface area contributed by atoms with Gasteiger partial charge in [0.25, 0.3) is 0 Å². The largest absolute Gasteiger partial charge is 0.477 e. The average molecular weight is 252 g/mol. The van der Waals surface area contributed by atoms with E-state index in [0.717, 1.165) is 0 Å². The molecule has 3 N–H and O–H groups in total. The first-order valence-corrected chi connectivity index (χ1v) is 5.13. The summed E-state index contributed by atoms with van der Waals surface area (Å²) in [6.45, 7) is 0.418. The predicted molar refractivity (Wildman–Crippen MR) is 48.8 cm³/mol. The van der Waals surface area contributed by atoms with Crippen molar-refractivity contribution in [1.82, 2.24) is 0 Å². The third-order valence-electron chi connectivity index (χ3n) is 2.43. The fraction of sp³-hybridized carbons (Fsp3) is 0.714. The number of nitrogens with zero attached hydrogens (tertiary/aromatic N) is 1. The van der Waals surface area contributed by atoms with E-state index in [1.54, 1.807) is 0 Å². The highest BCUT2D eigenvalue weighted by atomic mass is 79.9. The van der Waals surface area contributed by atoms with Crippen LogP contribution in [0.3, 0.4) is 0 Å². The van der Waals surface area contributed by atoms with Gasteiger partial charge in [0.15, 0.2) is 0 Å². The summed E-state index contributed by atoms with van der Waals surface area (Å²) in [4.78, 5) is 22.2. The van der Waals surface area contributed by atoms with Gasteiger partial charge in [0.2, 0.25) is 6.04 Å². The third-order valence-corrected chi connectivity index (χ3v) is 2.91. The quantitative estimate of drug-likeness (QED) is 0.310. The Balaban J connectivity index is 2.87. The molecule has 1 amide bonds. The van der Waals surface area contributed by atoms with Gasteiger partial charge >= 0.3 is 11.9 Å². The van der Waals surface area contributed by atoms with E-state index < -0.39 is 16.6 Å². The molecule has 0 spiro atoms. The number of rotatable bonds is 2. The first-order chi connectivity index (χ1) is 6.02. The van der Waals surface area contributed by atoms with E-state index in [0.29, 0.717) is 19.4 Å². The van der Waals surface area contributed by atoms with Gasteiger partial charge in [-0.1, -0.05) is 15.9 Å². The van der Waals surface area contributed by atoms with Gasteiger partial charge in [0.1, 0.15) is 11.9 Å². The van der Waals surface area contributed by atoms with E-state index in [-0.39, 0.29) is 11.2 Å². The molecule has 1 rings (SSSR count). The number of alkyl halides is 1. The molecular weight excluding hydrogens is 240 g/mol. The minimum atomic E-state index is -0.991. The summed E-state index contributed by atoms with van der Waals surface area (Å²) in [5.74, 6) is 4.47. The van der Waals surface area contributed by atoms with Crippen molar-refractivity contribution in [3.8, 4) is 0 Å². The molecule has 1 aliphatic heterocycles. The van der Waals surface area contributed by atoms with Crippen LogP contribution in [-0.4, -0.2) is 39.5 Å². The highest BCUT2D eigenvalue weighted by Crippen LogP contribution is 2.23. The molecule has 0 aliphatic carbocycles. The number of carboxylic acid groups (broad SMARTS) is 1. The number of hydrogen-bond donors (Lipinski definition) is 2. The summed E-state index contributed by atoms with van der Waals surface area (Å²) < 4.78 is -0.458. The maximum atomic E-state index is 11.4. The number of nitrogens with two attached hydrogens (primary N) is 1. The fourth-order valence-electron chi connectivity index (χ4n) is 1.66. The molecule has 1 unspecified atom stereocenters. The molecule has 1 saturated heterocycles. The summed E-state index contributed by atoms with van der Waals surface area (Å²) in [6, 6.07) is -0.773. The molecular formula is C7H12BrN2O3+. The summed E-state index contributed by atoms with van der Waals surface area (Å²) in [7, 11) is 0. The molecule has 0 radical (unpaired) electrons. The lowest BCUT2D eigenvalue weighted by Gasteiger charge is -2.28. The highest BCUT2D eigenvalue weighted by molar-refractivity contribution is 9.09. The van der Waals surface area contributed by atoms with Crippen molar-refractivity contribution >= 4 is 27.8 Å². The van der Waals surface area contributed by atoms with Gasteiger partial charge in [-0.2, -0.15) is 10.4 Å². The Morgan fingerprint density at radius 1 is 1.62 bits per heavy atom. The molecule has 1 fully saturated rings. The smallest absolute Gasteiger partial charge is 0.364 e. The Morgan fingerprint density at radius 3 is 2.69 bits per heavy atom. The molecule has 13 heavy (non-hydrogen) atoms. The van der Waals surface area contributed by atoms with Crippen molar-refractivity contribution < 1.29 is 19.3 Å². The number of quaternary nitrogens is 1. The zero-order valence-electron chi connectivity index (χ0n) is 7.07. The van der Waals surface area contributed by atoms with Crippen molar-refractivity contribution in [3.63, 3.8) is 0 Å². The van der Waals surface area contributed by atoms with Crippen LogP contribution >= 0.6 is 15.9 Å². The van der Waals surface area contributed by atoms with Crippen molar-refractivity contribution in [2.75, 3.05) is 11.9 Å². The lowest BCUT2D eigenvalue weighted by molar-refractivity contribution is -0.869. The fourth-order valence-corrected chi connectivity index (χ4v) is 2.13. The number of hydrogen-bond acceptors (Lipinski definition) is 3. The van der Waals surface area contributed by atoms with Crippen molar-refractivity contribution in [3.05, 3.63) is 0 Å². The number of likely N-dealkylation sites (tertiary alicyclic amines) is 1. The summed E-state index contributed by atoms with van der Waals surface area (Å²) in [5.41, 5.74) is 0. The molecule has 0 aromatic rings. The van der Waals surface area contributed by atoms with Gasteiger partial charge in [-0.25, -0.2) is 9.59 Å². The normalized spacial score (nSPS) is 33.2. The van der Waals surface area contributed by atoms with E-state index in [2.05, 4.69) is 15.9 Å². The monoisotopic (exact) mass is 251 g/mol. The molecule has 0 aromatic carbocycles. The second-order valence-electron chi connectivity index (χ2n) is 3.18. The summed E-state index contributed by atoms with van der Waals surface area (Å²) in [6.07, 6.45) is 1.16. The second-order valence-corrected chi connectivity index (χ2v) is 3.74. The Hall–Kier alpha value is -0.460. The Labute approximate surface area is 84.2 Å². The molecule has 0 saturated carbocycles. The van der Waals surface area contributed by atoms with Crippen LogP contribution in [-0.2, 0) is 9.59 Å². The van der Waals surface area contributed by atoms with Gasteiger partial charge in [0.05, 0.1) is 0 Å². The molecule has 6 heteroatoms. The average Bonchev–Trinajstić information content (AvgIpc) is 2.47. The van der Waals surface area contributed by atoms with Gasteiger partial charge in [-0.3, -0.25) is 0 Å². The van der Waals surface area contributed by atoms with Crippen LogP contribution in [0.2, 0.25) is 0 Å². The van der Waals surface area contributed by atoms with Crippen LogP contribution < -0.4 is 5.84 Å². The predicted octanol–water partition coefficient (Wildman–Crippen LogP) is -0.155. The van der Waals surface area contributed by atoms with Crippen molar-refractivity contribution in [1.29, 1.82) is 0 Å². The molecule has 74 valence electrons. The molecule has 1 aliphatic rings. The summed E-state index contributed by atoms with van der Waals surface area (Å²) in [5, 5.41) is 8.93. The van der Waals surface area contributed by atoms with Crippen molar-refractivity contribution in [2.45, 2.75) is 18.9 Å². The topological polar surface area (TPSA) is 80.4 Å². The number of halogens is 1. The standard InChI is InChI=1S/C7H11BrN2O3/c8-4-6(11)10(9)3-1-2-5(10)7(12)13/h5H,1-4,9H2/p+1/t5-,10?/m0/s1. The minimum absolute atomic E-state index is 0.104. The zero-order valence-corrected chi connectivity index (χ0v) is 8.66. The van der Waals surface area contributed by atoms with Gasteiger partial charge in [-0.15, -0.1) is 0 Å². The van der Waals surface area contributed by atoms with Crippen LogP contribution in [0.5, 0.6) is 0 Å². The Kier molecular flexibility index (Phi) is 3.05. The molecule has 0 aromatic heterocycles. The maximum Gasteiger partial charge on any atom is 0.364 e. The van der Waals surface area contributed by atoms with E-state index >= 15 is 0 Å². The number of carbonyl (C=O) groups excluding carboxylic acids is 1. The molecule has 0 bridgehead atoms. The number of amides is 1. The molecule has 5 nitrogen and oxygen atoms in total. The molecule has 2 atom stereocenters. The number of carbonyl (C=O) groups is 2. The first-order valence-electron chi connectivity index (χ1n) is 4.01. The zero-order chi connectivity index (χ0) is 10.1. The lowest BCUT2D eigenvalue weighted by Crippen LogP contribution is -2.64. The van der Waals surface area contributed by atoms with Crippen molar-refractivity contribution in [2.24, 2.45) is 5.84 Å². The van der Waals surface area contributed by atoms with E-state index in [1.165, 1.54) is 0 Å². The molecule has 1 heterocycles. The summed E-state index contributed by atoms with van der Waals surface area (Å²) >= 11 is 3.00. The van der Waals surface area contributed by atoms with Crippen LogP contribution in [0.4, 0.5) is 0 Å². The van der Waals surface area contributed by atoms with Crippen LogP contribution in [0.1, 0.15) is 12.8 Å². The van der Waals surface area contributed by atoms with Crippen LogP contribution in [0.25, 0.3) is 0 Å². The Morgan fingerprint density at radius 2 is 2.23 bits per heavy atom. The van der Waals surface area contributed by atoms with Gasteiger partial charge in [-0.05, 0) is 0 Å². The Bertz CT molecular complexity index is 246. The first kappa shape index (κ1) is 10.6. The van der Waals surface area contributed by atoms with Crippen LogP contribution in [0.15, 0.2) is 0 Å². The van der Waals surface area contributed by atoms with E-state index in [1.807, 2.05) is 0 Å².